The number of nitrogens with zero attached hydrogens (tertiary/aromatic N) is 1. The van der Waals surface area contributed by atoms with Gasteiger partial charge in [0.1, 0.15) is 11.4 Å². The lowest BCUT2D eigenvalue weighted by molar-refractivity contribution is -0.120. The summed E-state index contributed by atoms with van der Waals surface area (Å²) in [4.78, 5) is 48.7. The summed E-state index contributed by atoms with van der Waals surface area (Å²) in [5.74, 6) is -0.772. The Morgan fingerprint density at radius 3 is 2.67 bits per heavy atom. The molecule has 24 heavy (non-hydrogen) atoms. The summed E-state index contributed by atoms with van der Waals surface area (Å²) in [6.45, 7) is 0.845. The first-order valence-corrected chi connectivity index (χ1v) is 7.32. The molecule has 1 saturated heterocycles. The standard InChI is InChI=1S/C16H15N3O5/c1-24-16(23)9-4-2-3-5-10(9)18-12-13(15(22)14(12)21)19-7-6-17-11(20)8-19/h2-5,18H,6-8H2,1H3,(H,17,20). The van der Waals surface area contributed by atoms with Crippen molar-refractivity contribution in [3.05, 3.63) is 50.3 Å². The van der Waals surface area contributed by atoms with Crippen molar-refractivity contribution in [2.24, 2.45) is 0 Å². The van der Waals surface area contributed by atoms with E-state index in [9.17, 15) is 19.2 Å². The minimum Gasteiger partial charge on any atom is -0.465 e. The summed E-state index contributed by atoms with van der Waals surface area (Å²) in [5, 5.41) is 5.50. The van der Waals surface area contributed by atoms with E-state index in [0.717, 1.165) is 0 Å². The van der Waals surface area contributed by atoms with Gasteiger partial charge in [0.2, 0.25) is 5.91 Å². The largest absolute Gasteiger partial charge is 0.465 e. The van der Waals surface area contributed by atoms with E-state index in [1.54, 1.807) is 29.2 Å². The van der Waals surface area contributed by atoms with Crippen LogP contribution in [-0.4, -0.2) is 38.6 Å². The third kappa shape index (κ3) is 2.62. The first kappa shape index (κ1) is 15.7. The highest BCUT2D eigenvalue weighted by atomic mass is 16.5. The Morgan fingerprint density at radius 1 is 1.21 bits per heavy atom. The van der Waals surface area contributed by atoms with Crippen molar-refractivity contribution in [3.8, 4) is 0 Å². The van der Waals surface area contributed by atoms with Crippen LogP contribution in [-0.2, 0) is 9.53 Å². The van der Waals surface area contributed by atoms with Crippen molar-refractivity contribution in [2.75, 3.05) is 37.0 Å². The Morgan fingerprint density at radius 2 is 1.96 bits per heavy atom. The fraction of sp³-hybridized carbons (Fsp3) is 0.250. The second-order valence-electron chi connectivity index (χ2n) is 5.32. The molecule has 0 spiro atoms. The van der Waals surface area contributed by atoms with Crippen molar-refractivity contribution in [1.29, 1.82) is 0 Å². The molecule has 0 saturated carbocycles. The molecule has 0 aromatic heterocycles. The van der Waals surface area contributed by atoms with Gasteiger partial charge in [0, 0.05) is 13.1 Å². The van der Waals surface area contributed by atoms with Crippen molar-refractivity contribution in [1.82, 2.24) is 5.32 Å². The number of benzene rings is 1. The smallest absolute Gasteiger partial charge is 0.339 e. The molecule has 8 heteroatoms. The molecule has 2 aromatic rings. The van der Waals surface area contributed by atoms with Gasteiger partial charge >= 0.3 is 5.97 Å². The quantitative estimate of drug-likeness (QED) is 0.588. The number of methoxy groups -OCH3 is 1. The van der Waals surface area contributed by atoms with E-state index >= 15 is 0 Å². The Hall–Kier alpha value is -3.16. The highest BCUT2D eigenvalue weighted by Gasteiger charge is 2.29. The molecule has 8 nitrogen and oxygen atoms in total. The molecular formula is C16H15N3O5. The van der Waals surface area contributed by atoms with E-state index in [4.69, 9.17) is 4.74 Å². The average molecular weight is 329 g/mol. The molecule has 0 aliphatic carbocycles. The van der Waals surface area contributed by atoms with Gasteiger partial charge in [0.25, 0.3) is 10.9 Å². The monoisotopic (exact) mass is 329 g/mol. The zero-order valence-electron chi connectivity index (χ0n) is 12.9. The number of amides is 1. The van der Waals surface area contributed by atoms with Gasteiger partial charge in [-0.3, -0.25) is 14.4 Å². The van der Waals surface area contributed by atoms with Gasteiger partial charge in [0.05, 0.1) is 24.9 Å². The number of esters is 1. The lowest BCUT2D eigenvalue weighted by atomic mass is 10.1. The molecule has 1 heterocycles. The maximum Gasteiger partial charge on any atom is 0.339 e. The minimum atomic E-state index is -0.671. The van der Waals surface area contributed by atoms with Crippen LogP contribution in [0.3, 0.4) is 0 Å². The highest BCUT2D eigenvalue weighted by molar-refractivity contribution is 5.97. The van der Waals surface area contributed by atoms with E-state index in [-0.39, 0.29) is 29.4 Å². The van der Waals surface area contributed by atoms with E-state index in [0.29, 0.717) is 18.8 Å². The second-order valence-corrected chi connectivity index (χ2v) is 5.32. The van der Waals surface area contributed by atoms with E-state index in [1.807, 2.05) is 0 Å². The molecule has 0 unspecified atom stereocenters. The van der Waals surface area contributed by atoms with Crippen LogP contribution in [0.2, 0.25) is 0 Å². The molecule has 124 valence electrons. The summed E-state index contributed by atoms with van der Waals surface area (Å²) in [5.41, 5.74) is -0.437. The molecule has 1 aliphatic heterocycles. The van der Waals surface area contributed by atoms with Crippen LogP contribution in [0.1, 0.15) is 10.4 Å². The minimum absolute atomic E-state index is 0.0121. The van der Waals surface area contributed by atoms with Crippen molar-refractivity contribution < 1.29 is 14.3 Å². The number of anilines is 3. The molecule has 1 amide bonds. The molecule has 3 rings (SSSR count). The van der Waals surface area contributed by atoms with Crippen LogP contribution in [0.4, 0.5) is 17.1 Å². The van der Waals surface area contributed by atoms with Crippen LogP contribution < -0.4 is 26.4 Å². The summed E-state index contributed by atoms with van der Waals surface area (Å²) in [7, 11) is 1.26. The zero-order valence-corrected chi connectivity index (χ0v) is 12.9. The predicted octanol–water partition coefficient (Wildman–Crippen LogP) is -0.251. The molecule has 1 fully saturated rings. The molecule has 0 atom stereocenters. The lowest BCUT2D eigenvalue weighted by Gasteiger charge is -2.30. The Balaban J connectivity index is 1.94. The van der Waals surface area contributed by atoms with Crippen molar-refractivity contribution >= 4 is 28.9 Å². The molecule has 1 aliphatic rings. The normalized spacial score (nSPS) is 14.4. The van der Waals surface area contributed by atoms with Crippen LogP contribution in [0, 0.1) is 0 Å². The fourth-order valence-electron chi connectivity index (χ4n) is 2.64. The van der Waals surface area contributed by atoms with Gasteiger partial charge in [-0.25, -0.2) is 4.79 Å². The van der Waals surface area contributed by atoms with E-state index in [1.165, 1.54) is 7.11 Å². The number of carbonyl (C=O) groups excluding carboxylic acids is 2. The SMILES string of the molecule is COC(=O)c1ccccc1Nc1c(N2CCNC(=O)C2)c(=O)c1=O. The average Bonchev–Trinajstić information content (AvgIpc) is 2.60. The van der Waals surface area contributed by atoms with E-state index in [2.05, 4.69) is 10.6 Å². The van der Waals surface area contributed by atoms with Gasteiger partial charge < -0.3 is 20.3 Å². The Bertz CT molecular complexity index is 882. The van der Waals surface area contributed by atoms with Crippen molar-refractivity contribution in [3.63, 3.8) is 0 Å². The topological polar surface area (TPSA) is 105 Å². The number of hydrogen-bond acceptors (Lipinski definition) is 7. The predicted molar refractivity (Wildman–Crippen MR) is 87.6 cm³/mol. The first-order valence-electron chi connectivity index (χ1n) is 7.32. The number of carbonyl (C=O) groups is 2. The summed E-state index contributed by atoms with van der Waals surface area (Å²) in [6.07, 6.45) is 0. The Kier molecular flexibility index (Phi) is 4.03. The molecular weight excluding hydrogens is 314 g/mol. The molecule has 0 bridgehead atoms. The van der Waals surface area contributed by atoms with Gasteiger partial charge in [-0.2, -0.15) is 0 Å². The fourth-order valence-corrected chi connectivity index (χ4v) is 2.64. The van der Waals surface area contributed by atoms with Gasteiger partial charge in [0.15, 0.2) is 0 Å². The number of rotatable bonds is 4. The Labute approximate surface area is 136 Å². The second kappa shape index (κ2) is 6.15. The van der Waals surface area contributed by atoms with Gasteiger partial charge in [-0.1, -0.05) is 12.1 Å². The molecule has 2 N–H and O–H groups in total. The van der Waals surface area contributed by atoms with Crippen LogP contribution >= 0.6 is 0 Å². The molecule has 0 radical (unpaired) electrons. The van der Waals surface area contributed by atoms with Gasteiger partial charge in [-0.15, -0.1) is 0 Å². The number of nitrogens with one attached hydrogen (secondary N) is 2. The third-order valence-corrected chi connectivity index (χ3v) is 3.83. The van der Waals surface area contributed by atoms with Crippen LogP contribution in [0.5, 0.6) is 0 Å². The number of piperazine rings is 1. The highest BCUT2D eigenvalue weighted by Crippen LogP contribution is 2.27. The van der Waals surface area contributed by atoms with E-state index < -0.39 is 16.8 Å². The first-order chi connectivity index (χ1) is 11.5. The summed E-state index contributed by atoms with van der Waals surface area (Å²) in [6, 6.07) is 6.51. The maximum absolute atomic E-state index is 11.9. The van der Waals surface area contributed by atoms with Crippen LogP contribution in [0.15, 0.2) is 33.9 Å². The van der Waals surface area contributed by atoms with Crippen LogP contribution in [0.25, 0.3) is 0 Å². The zero-order chi connectivity index (χ0) is 17.3. The maximum atomic E-state index is 11.9. The summed E-state index contributed by atoms with van der Waals surface area (Å²) < 4.78 is 4.71. The molecule has 2 aromatic carbocycles. The number of para-hydroxylation sites is 1. The van der Waals surface area contributed by atoms with Crippen molar-refractivity contribution in [2.45, 2.75) is 0 Å². The number of ether oxygens (including phenoxy) is 1. The van der Waals surface area contributed by atoms with Gasteiger partial charge in [-0.05, 0) is 12.1 Å². The third-order valence-electron chi connectivity index (χ3n) is 3.83. The number of hydrogen-bond donors (Lipinski definition) is 2. The summed E-state index contributed by atoms with van der Waals surface area (Å²) >= 11 is 0. The lowest BCUT2D eigenvalue weighted by Crippen LogP contribution is -2.52.